The van der Waals surface area contributed by atoms with Crippen molar-refractivity contribution in [2.45, 2.75) is 46.1 Å². The van der Waals surface area contributed by atoms with Crippen LogP contribution in [-0.4, -0.2) is 11.2 Å². The van der Waals surface area contributed by atoms with Crippen LogP contribution in [0.2, 0.25) is 0 Å². The summed E-state index contributed by atoms with van der Waals surface area (Å²) >= 11 is 5.43. The first-order valence-corrected chi connectivity index (χ1v) is 7.61. The Bertz CT molecular complexity index is 444. The topological polar surface area (TPSA) is 24.1 Å². The Morgan fingerprint density at radius 3 is 2.79 bits per heavy atom. The molecule has 1 aliphatic rings. The fourth-order valence-electron chi connectivity index (χ4n) is 2.84. The Balaban J connectivity index is 1.90. The third kappa shape index (κ3) is 3.93. The molecule has 1 aromatic rings. The summed E-state index contributed by atoms with van der Waals surface area (Å²) < 4.78 is 0. The zero-order chi connectivity index (χ0) is 13.8. The smallest absolute Gasteiger partial charge is 0.171 e. The molecule has 0 unspecified atom stereocenters. The van der Waals surface area contributed by atoms with E-state index in [1.165, 1.54) is 24.8 Å². The van der Waals surface area contributed by atoms with Crippen molar-refractivity contribution in [1.29, 1.82) is 0 Å². The average molecular weight is 276 g/mol. The summed E-state index contributed by atoms with van der Waals surface area (Å²) in [7, 11) is 0. The Kier molecular flexibility index (Phi) is 4.81. The first kappa shape index (κ1) is 14.3. The number of nitrogens with one attached hydrogen (secondary N) is 2. The minimum atomic E-state index is 0.508. The normalized spacial score (nSPS) is 26.8. The zero-order valence-corrected chi connectivity index (χ0v) is 12.9. The number of hydrogen-bond acceptors (Lipinski definition) is 1. The maximum absolute atomic E-state index is 5.43. The molecule has 2 rings (SSSR count). The van der Waals surface area contributed by atoms with Crippen LogP contribution in [0.3, 0.4) is 0 Å². The average Bonchev–Trinajstić information content (AvgIpc) is 2.35. The molecule has 1 aromatic carbocycles. The number of rotatable bonds is 2. The standard InChI is InChI=1S/C16H24N2S/c1-11-6-4-8-14(10-11)17-16(19)18-15-9-5-7-12(2)13(15)3/h4,6,8,10,12-13,15H,5,7,9H2,1-3H3,(H2,17,18,19)/t12-,13+,15-/m0/s1. The highest BCUT2D eigenvalue weighted by molar-refractivity contribution is 7.80. The van der Waals surface area contributed by atoms with Crippen molar-refractivity contribution in [2.24, 2.45) is 11.8 Å². The summed E-state index contributed by atoms with van der Waals surface area (Å²) in [4.78, 5) is 0. The van der Waals surface area contributed by atoms with Gasteiger partial charge < -0.3 is 10.6 Å². The van der Waals surface area contributed by atoms with E-state index in [1.807, 2.05) is 12.1 Å². The first-order valence-electron chi connectivity index (χ1n) is 7.20. The summed E-state index contributed by atoms with van der Waals surface area (Å²) in [5, 5.41) is 7.52. The van der Waals surface area contributed by atoms with Gasteiger partial charge in [0.1, 0.15) is 0 Å². The van der Waals surface area contributed by atoms with Crippen LogP contribution in [-0.2, 0) is 0 Å². The van der Waals surface area contributed by atoms with E-state index in [2.05, 4.69) is 43.5 Å². The second kappa shape index (κ2) is 6.38. The fraction of sp³-hybridized carbons (Fsp3) is 0.562. The second-order valence-electron chi connectivity index (χ2n) is 5.84. The van der Waals surface area contributed by atoms with Crippen molar-refractivity contribution in [3.63, 3.8) is 0 Å². The van der Waals surface area contributed by atoms with Crippen molar-refractivity contribution in [1.82, 2.24) is 5.32 Å². The van der Waals surface area contributed by atoms with Crippen LogP contribution in [0.5, 0.6) is 0 Å². The van der Waals surface area contributed by atoms with Gasteiger partial charge in [-0.05, 0) is 55.1 Å². The van der Waals surface area contributed by atoms with Gasteiger partial charge in [-0.1, -0.05) is 38.8 Å². The molecule has 1 aliphatic carbocycles. The molecule has 3 heteroatoms. The van der Waals surface area contributed by atoms with E-state index in [0.29, 0.717) is 12.0 Å². The fourth-order valence-corrected chi connectivity index (χ4v) is 3.11. The SMILES string of the molecule is Cc1cccc(NC(=S)N[C@H]2CCC[C@H](C)[C@H]2C)c1. The van der Waals surface area contributed by atoms with Gasteiger partial charge in [-0.25, -0.2) is 0 Å². The first-order chi connectivity index (χ1) is 9.06. The van der Waals surface area contributed by atoms with Gasteiger partial charge in [0.15, 0.2) is 5.11 Å². The summed E-state index contributed by atoms with van der Waals surface area (Å²) in [6.45, 7) is 6.76. The van der Waals surface area contributed by atoms with E-state index in [-0.39, 0.29) is 0 Å². The molecule has 19 heavy (non-hydrogen) atoms. The summed E-state index contributed by atoms with van der Waals surface area (Å²) in [5.74, 6) is 1.47. The molecule has 1 saturated carbocycles. The highest BCUT2D eigenvalue weighted by atomic mass is 32.1. The molecule has 0 amide bonds. The number of hydrogen-bond donors (Lipinski definition) is 2. The van der Waals surface area contributed by atoms with Crippen molar-refractivity contribution in [2.75, 3.05) is 5.32 Å². The number of thiocarbonyl (C=S) groups is 1. The molecule has 2 nitrogen and oxygen atoms in total. The summed E-state index contributed by atoms with van der Waals surface area (Å²) in [6.07, 6.45) is 3.87. The zero-order valence-electron chi connectivity index (χ0n) is 12.1. The number of benzene rings is 1. The molecule has 0 radical (unpaired) electrons. The lowest BCUT2D eigenvalue weighted by Gasteiger charge is -2.35. The molecule has 0 heterocycles. The minimum Gasteiger partial charge on any atom is -0.359 e. The van der Waals surface area contributed by atoms with Crippen molar-refractivity contribution < 1.29 is 0 Å². The van der Waals surface area contributed by atoms with Gasteiger partial charge in [-0.15, -0.1) is 0 Å². The largest absolute Gasteiger partial charge is 0.359 e. The second-order valence-corrected chi connectivity index (χ2v) is 6.25. The molecular formula is C16H24N2S. The highest BCUT2D eigenvalue weighted by Crippen LogP contribution is 2.29. The molecule has 1 fully saturated rings. The van der Waals surface area contributed by atoms with E-state index in [9.17, 15) is 0 Å². The van der Waals surface area contributed by atoms with Crippen molar-refractivity contribution in [3.8, 4) is 0 Å². The Labute approximate surface area is 122 Å². The Morgan fingerprint density at radius 1 is 1.26 bits per heavy atom. The minimum absolute atomic E-state index is 0.508. The van der Waals surface area contributed by atoms with Crippen LogP contribution in [0, 0.1) is 18.8 Å². The van der Waals surface area contributed by atoms with Gasteiger partial charge in [0.25, 0.3) is 0 Å². The predicted octanol–water partition coefficient (Wildman–Crippen LogP) is 4.11. The highest BCUT2D eigenvalue weighted by Gasteiger charge is 2.27. The van der Waals surface area contributed by atoms with E-state index in [0.717, 1.165) is 16.7 Å². The number of aryl methyl sites for hydroxylation is 1. The quantitative estimate of drug-likeness (QED) is 0.795. The molecule has 0 bridgehead atoms. The predicted molar refractivity (Wildman–Crippen MR) is 86.5 cm³/mol. The van der Waals surface area contributed by atoms with Gasteiger partial charge in [-0.2, -0.15) is 0 Å². The van der Waals surface area contributed by atoms with Gasteiger partial charge in [-0.3, -0.25) is 0 Å². The van der Waals surface area contributed by atoms with Crippen LogP contribution < -0.4 is 10.6 Å². The lowest BCUT2D eigenvalue weighted by molar-refractivity contribution is 0.225. The molecule has 0 spiro atoms. The van der Waals surface area contributed by atoms with Crippen LogP contribution in [0.4, 0.5) is 5.69 Å². The summed E-state index contributed by atoms with van der Waals surface area (Å²) in [5.41, 5.74) is 2.31. The van der Waals surface area contributed by atoms with Crippen molar-refractivity contribution >= 4 is 23.0 Å². The maximum atomic E-state index is 5.43. The molecule has 0 saturated heterocycles. The van der Waals surface area contributed by atoms with E-state index >= 15 is 0 Å². The Hall–Kier alpha value is -1.09. The molecule has 2 N–H and O–H groups in total. The number of anilines is 1. The van der Waals surface area contributed by atoms with E-state index in [4.69, 9.17) is 12.2 Å². The molecule has 3 atom stereocenters. The lowest BCUT2D eigenvalue weighted by Crippen LogP contribution is -2.45. The summed E-state index contributed by atoms with van der Waals surface area (Å²) in [6, 6.07) is 8.81. The van der Waals surface area contributed by atoms with Crippen LogP contribution in [0.25, 0.3) is 0 Å². The molecular weight excluding hydrogens is 252 g/mol. The third-order valence-corrected chi connectivity index (χ3v) is 4.52. The van der Waals surface area contributed by atoms with Gasteiger partial charge in [0, 0.05) is 11.7 Å². The van der Waals surface area contributed by atoms with Crippen LogP contribution in [0.15, 0.2) is 24.3 Å². The van der Waals surface area contributed by atoms with E-state index in [1.54, 1.807) is 0 Å². The van der Waals surface area contributed by atoms with Crippen LogP contribution >= 0.6 is 12.2 Å². The lowest BCUT2D eigenvalue weighted by atomic mass is 9.78. The molecule has 0 aliphatic heterocycles. The Morgan fingerprint density at radius 2 is 2.05 bits per heavy atom. The maximum Gasteiger partial charge on any atom is 0.171 e. The van der Waals surface area contributed by atoms with Gasteiger partial charge in [0.2, 0.25) is 0 Å². The van der Waals surface area contributed by atoms with Gasteiger partial charge >= 0.3 is 0 Å². The van der Waals surface area contributed by atoms with Crippen LogP contribution in [0.1, 0.15) is 38.7 Å². The van der Waals surface area contributed by atoms with Crippen molar-refractivity contribution in [3.05, 3.63) is 29.8 Å². The van der Waals surface area contributed by atoms with Gasteiger partial charge in [0.05, 0.1) is 0 Å². The van der Waals surface area contributed by atoms with E-state index < -0.39 is 0 Å². The monoisotopic (exact) mass is 276 g/mol. The third-order valence-electron chi connectivity index (χ3n) is 4.30. The molecule has 104 valence electrons. The molecule has 0 aromatic heterocycles.